The van der Waals surface area contributed by atoms with Crippen LogP contribution >= 0.6 is 11.3 Å². The Kier molecular flexibility index (Phi) is 11.7. The van der Waals surface area contributed by atoms with Gasteiger partial charge in [0.25, 0.3) is 0 Å². The van der Waals surface area contributed by atoms with E-state index in [0.29, 0.717) is 10.7 Å². The molecule has 4 aromatic heterocycles. The third-order valence-electron chi connectivity index (χ3n) is 7.49. The minimum absolute atomic E-state index is 0. The van der Waals surface area contributed by atoms with Gasteiger partial charge in [0.1, 0.15) is 4.83 Å². The van der Waals surface area contributed by atoms with Gasteiger partial charge >= 0.3 is 126 Å². The normalized spacial score (nSPS) is 11.8. The fraction of sp³-hybridized carbons (Fsp3) is 0.308. The molecule has 0 saturated carbocycles. The summed E-state index contributed by atoms with van der Waals surface area (Å²) < 4.78 is 16.1. The van der Waals surface area contributed by atoms with Gasteiger partial charge < -0.3 is 4.98 Å². The number of hydrogen-bond donors (Lipinski definition) is 0. The van der Waals surface area contributed by atoms with Crippen molar-refractivity contribution in [2.75, 3.05) is 0 Å². The second kappa shape index (κ2) is 15.0. The van der Waals surface area contributed by atoms with Crippen LogP contribution in [0, 0.1) is 29.4 Å². The molecule has 0 aliphatic carbocycles. The predicted octanol–water partition coefficient (Wildman–Crippen LogP) is 10.3. The molecular weight excluding hydrogens is 826 g/mol. The van der Waals surface area contributed by atoms with Crippen molar-refractivity contribution >= 4 is 49.3 Å². The third kappa shape index (κ3) is 8.98. The number of thiophene rings is 1. The summed E-state index contributed by atoms with van der Waals surface area (Å²) in [5.74, 6) is 7.54. The van der Waals surface area contributed by atoms with Crippen LogP contribution in [0.25, 0.3) is 42.8 Å². The van der Waals surface area contributed by atoms with Gasteiger partial charge in [0.2, 0.25) is 5.95 Å². The summed E-state index contributed by atoms with van der Waals surface area (Å²) in [6.07, 6.45) is 6.11. The van der Waals surface area contributed by atoms with Crippen molar-refractivity contribution in [1.82, 2.24) is 15.0 Å². The van der Waals surface area contributed by atoms with E-state index in [9.17, 15) is 4.39 Å². The number of aromatic nitrogens is 3. The number of rotatable bonds is 6. The largest absolute Gasteiger partial charge is 0 e. The van der Waals surface area contributed by atoms with E-state index >= 15 is 0 Å². The molecule has 0 spiro atoms. The molecule has 0 aliphatic heterocycles. The van der Waals surface area contributed by atoms with Crippen molar-refractivity contribution in [2.24, 2.45) is 11.3 Å². The second-order valence-electron chi connectivity index (χ2n) is 14.3. The van der Waals surface area contributed by atoms with Crippen LogP contribution in [0.4, 0.5) is 4.39 Å². The molecule has 0 aliphatic rings. The standard InChI is InChI=1S/C21H18FN2S.C18H24GeN.Ir/c1-21(2,3)12-13-9-10-23-17(11-13)16-6-4-5-14-15-7-8-18(22)24-20(15)25-19(14)16;1-14(2)11-16-12-18(15-9-7-6-8-10-15)20-13-17(16)19(3,4)5;/h4-5,7-11H,12H2,1-3H3;6-9,12-14H,11H2,1-5H3;/q2*-1;. The fourth-order valence-electron chi connectivity index (χ4n) is 5.60. The van der Waals surface area contributed by atoms with Gasteiger partial charge in [-0.05, 0) is 40.4 Å². The van der Waals surface area contributed by atoms with E-state index in [-0.39, 0.29) is 25.5 Å². The number of nitrogens with zero attached hydrogens (tertiary/aromatic N) is 3. The molecule has 2 aromatic carbocycles. The first-order valence-corrected chi connectivity index (χ1v) is 23.8. The van der Waals surface area contributed by atoms with Gasteiger partial charge in [-0.3, -0.25) is 0 Å². The monoisotopic (exact) mass is 870 g/mol. The van der Waals surface area contributed by atoms with Crippen LogP contribution in [0.1, 0.15) is 45.7 Å². The Morgan fingerprint density at radius 2 is 1.67 bits per heavy atom. The van der Waals surface area contributed by atoms with Gasteiger partial charge in [0.15, 0.2) is 0 Å². The summed E-state index contributed by atoms with van der Waals surface area (Å²) in [5.41, 5.74) is 6.97. The molecule has 6 aromatic rings. The molecule has 0 bridgehead atoms. The fourth-order valence-corrected chi connectivity index (χ4v) is 10.1. The second-order valence-corrected chi connectivity index (χ2v) is 25.9. The van der Waals surface area contributed by atoms with Crippen LogP contribution in [0.5, 0.6) is 0 Å². The van der Waals surface area contributed by atoms with Crippen molar-refractivity contribution < 1.29 is 24.5 Å². The first-order chi connectivity index (χ1) is 21.3. The van der Waals surface area contributed by atoms with E-state index < -0.39 is 19.2 Å². The van der Waals surface area contributed by atoms with Crippen molar-refractivity contribution in [2.45, 2.75) is 64.7 Å². The Hall–Kier alpha value is -2.77. The molecule has 6 rings (SSSR count). The minimum atomic E-state index is -1.86. The maximum Gasteiger partial charge on any atom is 0 e. The Balaban J connectivity index is 0.000000210. The van der Waals surface area contributed by atoms with Crippen molar-refractivity contribution in [3.05, 3.63) is 108 Å². The predicted molar refractivity (Wildman–Crippen MR) is 192 cm³/mol. The van der Waals surface area contributed by atoms with Crippen molar-refractivity contribution in [3.63, 3.8) is 0 Å². The minimum Gasteiger partial charge on any atom is 0 e. The molecule has 7 heteroatoms. The van der Waals surface area contributed by atoms with Crippen LogP contribution in [0.3, 0.4) is 0 Å². The van der Waals surface area contributed by atoms with Crippen molar-refractivity contribution in [1.29, 1.82) is 0 Å². The van der Waals surface area contributed by atoms with E-state index in [4.69, 9.17) is 4.98 Å². The molecule has 0 atom stereocenters. The molecule has 0 unspecified atom stereocenters. The van der Waals surface area contributed by atoms with Crippen LogP contribution in [0.15, 0.2) is 79.1 Å². The Morgan fingerprint density at radius 1 is 0.891 bits per heavy atom. The zero-order chi connectivity index (χ0) is 32.4. The number of fused-ring (bicyclic) bond motifs is 3. The van der Waals surface area contributed by atoms with Crippen LogP contribution < -0.4 is 4.40 Å². The number of pyridine rings is 3. The third-order valence-corrected chi connectivity index (χ3v) is 13.0. The first kappa shape index (κ1) is 36.1. The van der Waals surface area contributed by atoms with Crippen LogP contribution in [-0.2, 0) is 32.9 Å². The average molecular weight is 869 g/mol. The summed E-state index contributed by atoms with van der Waals surface area (Å²) in [4.78, 5) is 14.0. The van der Waals surface area contributed by atoms with Gasteiger partial charge in [-0.25, -0.2) is 4.98 Å². The van der Waals surface area contributed by atoms with Crippen molar-refractivity contribution in [3.8, 4) is 22.5 Å². The number of benzene rings is 2. The molecular formula is C39H42FGeIrN3S-2. The molecule has 4 heterocycles. The van der Waals surface area contributed by atoms with Crippen LogP contribution in [0.2, 0.25) is 17.3 Å². The molecule has 241 valence electrons. The average Bonchev–Trinajstić information content (AvgIpc) is 3.34. The zero-order valence-electron chi connectivity index (χ0n) is 28.0. The quantitative estimate of drug-likeness (QED) is 0.0951. The maximum atomic E-state index is 13.5. The molecule has 3 nitrogen and oxygen atoms in total. The SMILES string of the molecule is CC(C)(C)Cc1ccnc(-c2[c-]ccc3c2sc2nc(F)ccc23)c1.CC(C)Cc1cc(-c2[c-]cccc2)nc[c]1[Ge]([CH3])([CH3])[CH3].[Ir]. The van der Waals surface area contributed by atoms with Gasteiger partial charge in [0, 0.05) is 31.7 Å². The topological polar surface area (TPSA) is 38.7 Å². The van der Waals surface area contributed by atoms with E-state index in [1.807, 2.05) is 36.5 Å². The van der Waals surface area contributed by atoms with Gasteiger partial charge in [-0.1, -0.05) is 37.8 Å². The summed E-state index contributed by atoms with van der Waals surface area (Å²) >= 11 is -0.364. The zero-order valence-corrected chi connectivity index (χ0v) is 33.3. The Labute approximate surface area is 293 Å². The number of halogens is 1. The molecule has 0 saturated heterocycles. The Bertz CT molecular complexity index is 1920. The molecule has 1 radical (unpaired) electrons. The molecule has 46 heavy (non-hydrogen) atoms. The molecule has 0 fully saturated rings. The summed E-state index contributed by atoms with van der Waals surface area (Å²) in [7, 11) is 0. The Morgan fingerprint density at radius 3 is 2.35 bits per heavy atom. The van der Waals surface area contributed by atoms with Gasteiger partial charge in [-0.15, -0.1) is 23.8 Å². The smallest absolute Gasteiger partial charge is 0 e. The molecule has 0 amide bonds. The van der Waals surface area contributed by atoms with E-state index in [1.165, 1.54) is 28.5 Å². The summed E-state index contributed by atoms with van der Waals surface area (Å²) in [6, 6.07) is 28.3. The first-order valence-electron chi connectivity index (χ1n) is 15.6. The van der Waals surface area contributed by atoms with Gasteiger partial charge in [0.05, 0.1) is 0 Å². The van der Waals surface area contributed by atoms with Gasteiger partial charge in [-0.2, -0.15) is 15.7 Å². The van der Waals surface area contributed by atoms with E-state index in [0.717, 1.165) is 50.8 Å². The summed E-state index contributed by atoms with van der Waals surface area (Å²) in [6.45, 7) is 11.3. The maximum absolute atomic E-state index is 13.5. The van der Waals surface area contributed by atoms with E-state index in [1.54, 1.807) is 10.5 Å². The van der Waals surface area contributed by atoms with Crippen LogP contribution in [-0.4, -0.2) is 28.2 Å². The van der Waals surface area contributed by atoms with E-state index in [2.05, 4.69) is 104 Å². The number of hydrogen-bond acceptors (Lipinski definition) is 4. The summed E-state index contributed by atoms with van der Waals surface area (Å²) in [5, 5.41) is 2.05. The molecule has 0 N–H and O–H groups in total.